The van der Waals surface area contributed by atoms with Crippen LogP contribution in [0.5, 0.6) is 5.75 Å². The van der Waals surface area contributed by atoms with Crippen molar-refractivity contribution in [1.82, 2.24) is 9.97 Å². The third kappa shape index (κ3) is 4.83. The Kier molecular flexibility index (Phi) is 7.29. The highest BCUT2D eigenvalue weighted by molar-refractivity contribution is 7.98. The van der Waals surface area contributed by atoms with Crippen LogP contribution in [0.1, 0.15) is 36.5 Å². The van der Waals surface area contributed by atoms with Crippen LogP contribution < -0.4 is 15.6 Å². The van der Waals surface area contributed by atoms with E-state index >= 15 is 0 Å². The minimum Gasteiger partial charge on any atom is -0.497 e. The Hall–Kier alpha value is -3.23. The Morgan fingerprint density at radius 1 is 1.21 bits per heavy atom. The molecular formula is C25H24ClN3O4S. The molecule has 0 bridgehead atoms. The van der Waals surface area contributed by atoms with Crippen molar-refractivity contribution in [2.75, 3.05) is 19.0 Å². The Balaban J connectivity index is 1.78. The van der Waals surface area contributed by atoms with Crippen molar-refractivity contribution in [3.8, 4) is 5.75 Å². The van der Waals surface area contributed by atoms with Crippen LogP contribution in [-0.2, 0) is 15.3 Å². The number of H-pyrrole nitrogens is 1. The van der Waals surface area contributed by atoms with Gasteiger partial charge in [0.2, 0.25) is 0 Å². The molecule has 1 unspecified atom stereocenters. The van der Waals surface area contributed by atoms with Gasteiger partial charge in [0.1, 0.15) is 11.6 Å². The second-order valence-corrected chi connectivity index (χ2v) is 8.98. The molecule has 2 N–H and O–H groups in total. The lowest BCUT2D eigenvalue weighted by molar-refractivity contribution is -0.138. The Labute approximate surface area is 206 Å². The van der Waals surface area contributed by atoms with Crippen molar-refractivity contribution in [1.29, 1.82) is 0 Å². The number of carbonyl (C=O) groups is 1. The Morgan fingerprint density at radius 2 is 2.00 bits per heavy atom. The maximum atomic E-state index is 13.4. The van der Waals surface area contributed by atoms with E-state index in [0.717, 1.165) is 11.1 Å². The predicted molar refractivity (Wildman–Crippen MR) is 134 cm³/mol. The first-order chi connectivity index (χ1) is 16.4. The number of methoxy groups -OCH3 is 1. The van der Waals surface area contributed by atoms with Crippen molar-refractivity contribution in [2.24, 2.45) is 0 Å². The molecule has 1 aliphatic heterocycles. The lowest BCUT2D eigenvalue weighted by Gasteiger charge is -2.29. The van der Waals surface area contributed by atoms with E-state index in [1.165, 1.54) is 11.8 Å². The number of nitrogens with zero attached hydrogens (tertiary/aromatic N) is 1. The molecule has 0 amide bonds. The molecule has 9 heteroatoms. The number of benzene rings is 2. The summed E-state index contributed by atoms with van der Waals surface area (Å²) in [4.78, 5) is 33.8. The Morgan fingerprint density at radius 3 is 2.74 bits per heavy atom. The number of halogens is 1. The SMILES string of the molecule is CCOC(=O)C1=C(C)Nc2nc(SCc3ccccc3Cl)[nH]c(=O)c2C1c1cccc(OC)c1. The smallest absolute Gasteiger partial charge is 0.336 e. The zero-order valence-electron chi connectivity index (χ0n) is 19.0. The van der Waals surface area contributed by atoms with E-state index in [0.29, 0.717) is 44.3 Å². The number of thioether (sulfide) groups is 1. The van der Waals surface area contributed by atoms with Gasteiger partial charge in [-0.05, 0) is 43.2 Å². The summed E-state index contributed by atoms with van der Waals surface area (Å²) in [5.74, 6) is 0.425. The first-order valence-corrected chi connectivity index (χ1v) is 12.1. The average Bonchev–Trinajstić information content (AvgIpc) is 2.82. The van der Waals surface area contributed by atoms with Gasteiger partial charge in [-0.1, -0.05) is 53.7 Å². The molecule has 34 heavy (non-hydrogen) atoms. The van der Waals surface area contributed by atoms with Crippen molar-refractivity contribution < 1.29 is 14.3 Å². The van der Waals surface area contributed by atoms with Gasteiger partial charge in [0.15, 0.2) is 5.16 Å². The van der Waals surface area contributed by atoms with E-state index in [9.17, 15) is 9.59 Å². The Bertz CT molecular complexity index is 1320. The van der Waals surface area contributed by atoms with Gasteiger partial charge in [-0.3, -0.25) is 4.79 Å². The van der Waals surface area contributed by atoms with Gasteiger partial charge in [-0.15, -0.1) is 0 Å². The van der Waals surface area contributed by atoms with E-state index in [4.69, 9.17) is 21.1 Å². The molecular weight excluding hydrogens is 474 g/mol. The molecule has 1 aromatic heterocycles. The highest BCUT2D eigenvalue weighted by Gasteiger charge is 2.36. The topological polar surface area (TPSA) is 93.3 Å². The third-order valence-electron chi connectivity index (χ3n) is 5.47. The van der Waals surface area contributed by atoms with E-state index < -0.39 is 11.9 Å². The van der Waals surface area contributed by atoms with Crippen LogP contribution in [0.3, 0.4) is 0 Å². The standard InChI is InChI=1S/C25H24ClN3O4S/c1-4-33-24(31)19-14(2)27-22-21(20(19)15-9-7-10-17(12-15)32-3)23(30)29-25(28-22)34-13-16-8-5-6-11-18(16)26/h5-12,20H,4,13H2,1-3H3,(H2,27,28,29,30). The average molecular weight is 498 g/mol. The number of hydrogen-bond donors (Lipinski definition) is 2. The highest BCUT2D eigenvalue weighted by atomic mass is 35.5. The fraction of sp³-hybridized carbons (Fsp3) is 0.240. The van der Waals surface area contributed by atoms with Gasteiger partial charge in [0, 0.05) is 16.5 Å². The first kappa shape index (κ1) is 23.9. The van der Waals surface area contributed by atoms with Crippen LogP contribution in [0.25, 0.3) is 0 Å². The monoisotopic (exact) mass is 497 g/mol. The summed E-state index contributed by atoms with van der Waals surface area (Å²) in [7, 11) is 1.57. The van der Waals surface area contributed by atoms with Gasteiger partial charge in [-0.25, -0.2) is 9.78 Å². The molecule has 2 aromatic carbocycles. The predicted octanol–water partition coefficient (Wildman–Crippen LogP) is 5.12. The van der Waals surface area contributed by atoms with Crippen LogP contribution in [-0.4, -0.2) is 29.7 Å². The minimum atomic E-state index is -0.663. The molecule has 7 nitrogen and oxygen atoms in total. The highest BCUT2D eigenvalue weighted by Crippen LogP contribution is 2.41. The number of esters is 1. The van der Waals surface area contributed by atoms with Crippen molar-refractivity contribution in [3.05, 3.63) is 91.9 Å². The maximum absolute atomic E-state index is 13.4. The third-order valence-corrected chi connectivity index (χ3v) is 6.76. The number of allylic oxidation sites excluding steroid dienone is 1. The number of hydrogen-bond acceptors (Lipinski definition) is 7. The molecule has 2 heterocycles. The summed E-state index contributed by atoms with van der Waals surface area (Å²) in [6.07, 6.45) is 0. The summed E-state index contributed by atoms with van der Waals surface area (Å²) in [5.41, 5.74) is 2.64. The number of fused-ring (bicyclic) bond motifs is 1. The van der Waals surface area contributed by atoms with Gasteiger partial charge >= 0.3 is 5.97 Å². The van der Waals surface area contributed by atoms with Crippen molar-refractivity contribution in [3.63, 3.8) is 0 Å². The molecule has 1 aliphatic rings. The van der Waals surface area contributed by atoms with Crippen LogP contribution in [0.2, 0.25) is 5.02 Å². The number of aromatic amines is 1. The molecule has 0 saturated carbocycles. The largest absolute Gasteiger partial charge is 0.497 e. The van der Waals surface area contributed by atoms with E-state index in [-0.39, 0.29) is 12.2 Å². The molecule has 4 rings (SSSR count). The summed E-state index contributed by atoms with van der Waals surface area (Å²) >= 11 is 7.64. The van der Waals surface area contributed by atoms with E-state index in [1.54, 1.807) is 21.0 Å². The van der Waals surface area contributed by atoms with Crippen LogP contribution in [0.4, 0.5) is 5.82 Å². The lowest BCUT2D eigenvalue weighted by Crippen LogP contribution is -2.31. The van der Waals surface area contributed by atoms with Crippen LogP contribution in [0, 0.1) is 0 Å². The molecule has 1 atom stereocenters. The van der Waals surface area contributed by atoms with Crippen LogP contribution in [0.15, 0.2) is 69.8 Å². The number of anilines is 1. The number of nitrogens with one attached hydrogen (secondary N) is 2. The molecule has 3 aromatic rings. The lowest BCUT2D eigenvalue weighted by atomic mass is 9.82. The zero-order chi connectivity index (χ0) is 24.2. The summed E-state index contributed by atoms with van der Waals surface area (Å²) in [6, 6.07) is 14.8. The van der Waals surface area contributed by atoms with Crippen molar-refractivity contribution in [2.45, 2.75) is 30.7 Å². The van der Waals surface area contributed by atoms with Gasteiger partial charge in [0.25, 0.3) is 5.56 Å². The summed E-state index contributed by atoms with van der Waals surface area (Å²) in [6.45, 7) is 3.75. The number of aromatic nitrogens is 2. The maximum Gasteiger partial charge on any atom is 0.336 e. The number of ether oxygens (including phenoxy) is 2. The zero-order valence-corrected chi connectivity index (χ0v) is 20.5. The molecule has 0 radical (unpaired) electrons. The van der Waals surface area contributed by atoms with E-state index in [1.807, 2.05) is 48.5 Å². The second kappa shape index (κ2) is 10.4. The van der Waals surface area contributed by atoms with Crippen LogP contribution >= 0.6 is 23.4 Å². The van der Waals surface area contributed by atoms with Crippen molar-refractivity contribution >= 4 is 35.1 Å². The molecule has 176 valence electrons. The molecule has 0 spiro atoms. The minimum absolute atomic E-state index is 0.222. The molecule has 0 saturated heterocycles. The molecule has 0 aliphatic carbocycles. The van der Waals surface area contributed by atoms with Gasteiger partial charge in [0.05, 0.1) is 30.8 Å². The molecule has 0 fully saturated rings. The summed E-state index contributed by atoms with van der Waals surface area (Å²) < 4.78 is 10.7. The van der Waals surface area contributed by atoms with Gasteiger partial charge in [-0.2, -0.15) is 0 Å². The van der Waals surface area contributed by atoms with E-state index in [2.05, 4.69) is 15.3 Å². The fourth-order valence-corrected chi connectivity index (χ4v) is 5.04. The van der Waals surface area contributed by atoms with Gasteiger partial charge < -0.3 is 19.8 Å². The second-order valence-electron chi connectivity index (χ2n) is 7.61. The number of rotatable bonds is 7. The normalized spacial score (nSPS) is 14.9. The fourth-order valence-electron chi connectivity index (χ4n) is 3.89. The summed E-state index contributed by atoms with van der Waals surface area (Å²) in [5, 5.41) is 4.25. The number of carbonyl (C=O) groups excluding carboxylic acids is 1. The quantitative estimate of drug-likeness (QED) is 0.266. The first-order valence-electron chi connectivity index (χ1n) is 10.7.